The zero-order chi connectivity index (χ0) is 33.1. The summed E-state index contributed by atoms with van der Waals surface area (Å²) in [4.78, 5) is 36.6. The number of pyridine rings is 1. The summed E-state index contributed by atoms with van der Waals surface area (Å²) < 4.78 is 3.38. The van der Waals surface area contributed by atoms with Gasteiger partial charge in [-0.1, -0.05) is 47.9 Å². The fraction of sp³-hybridized carbons (Fsp3) is 0.152. The monoisotopic (exact) mass is 629 g/mol. The highest BCUT2D eigenvalue weighted by Gasteiger charge is 2.37. The van der Waals surface area contributed by atoms with Crippen LogP contribution in [0.2, 0.25) is 5.02 Å². The van der Waals surface area contributed by atoms with Gasteiger partial charge in [0.15, 0.2) is 17.8 Å². The van der Waals surface area contributed by atoms with E-state index in [9.17, 15) is 19.5 Å². The topological polar surface area (TPSA) is 175 Å². The molecule has 11 nitrogen and oxygen atoms in total. The Labute approximate surface area is 261 Å². The highest BCUT2D eigenvalue weighted by atomic mass is 35.5. The molecule has 0 aliphatic carbocycles. The fourth-order valence-electron chi connectivity index (χ4n) is 4.83. The summed E-state index contributed by atoms with van der Waals surface area (Å²) in [5.41, 5.74) is 3.25. The maximum Gasteiger partial charge on any atom is 0.335 e. The number of carbonyl (C=O) groups is 2. The minimum atomic E-state index is -2.27. The number of aromatic nitrogens is 3. The molecular formula is C33H28ClN3O8. The molecule has 12 heteroatoms. The number of hydrogen-bond donors (Lipinski definition) is 5. The van der Waals surface area contributed by atoms with Gasteiger partial charge in [-0.25, -0.2) is 14.6 Å². The molecule has 0 spiro atoms. The van der Waals surface area contributed by atoms with Crippen molar-refractivity contribution in [2.45, 2.75) is 17.8 Å². The molecule has 0 radical (unpaired) electrons. The lowest BCUT2D eigenvalue weighted by molar-refractivity contribution is -0.165. The predicted octanol–water partition coefficient (Wildman–Crippen LogP) is 2.74. The first-order valence-corrected chi connectivity index (χ1v) is 13.7. The molecule has 2 heterocycles. The molecular weight excluding hydrogens is 602 g/mol. The first kappa shape index (κ1) is 32.7. The van der Waals surface area contributed by atoms with Gasteiger partial charge in [0.05, 0.1) is 23.7 Å². The summed E-state index contributed by atoms with van der Waals surface area (Å²) in [7, 11) is 3.57. The predicted molar refractivity (Wildman–Crippen MR) is 167 cm³/mol. The first-order valence-electron chi connectivity index (χ1n) is 13.3. The van der Waals surface area contributed by atoms with E-state index in [1.165, 1.54) is 0 Å². The van der Waals surface area contributed by atoms with E-state index in [0.29, 0.717) is 21.8 Å². The summed E-state index contributed by atoms with van der Waals surface area (Å²) in [6.45, 7) is 0. The lowest BCUT2D eigenvalue weighted by Gasteiger charge is -2.30. The number of carboxylic acids is 2. The molecule has 45 heavy (non-hydrogen) atoms. The highest BCUT2D eigenvalue weighted by Crippen LogP contribution is 2.39. The van der Waals surface area contributed by atoms with Crippen molar-refractivity contribution in [2.75, 3.05) is 0 Å². The molecule has 0 fully saturated rings. The molecule has 0 aliphatic heterocycles. The number of aryl methyl sites for hydroxylation is 2. The van der Waals surface area contributed by atoms with E-state index in [-0.39, 0.29) is 5.56 Å². The molecule has 0 bridgehead atoms. The van der Waals surface area contributed by atoms with Gasteiger partial charge in [-0.3, -0.25) is 4.79 Å². The van der Waals surface area contributed by atoms with Crippen LogP contribution in [0.1, 0.15) is 22.4 Å². The van der Waals surface area contributed by atoms with Gasteiger partial charge in [-0.15, -0.1) is 6.42 Å². The number of benzene rings is 3. The number of fused-ring (bicyclic) bond motifs is 1. The van der Waals surface area contributed by atoms with Crippen LogP contribution in [0.15, 0.2) is 90.1 Å². The SMILES string of the molecule is C#Cc1cccc(-c2cc(=O)n(C)c3ccc(C(O)(c4ccc(Cl)cc4)c4cncn4C)cc23)c1.O=C(O)C(O)C(O)C(=O)O. The second-order valence-electron chi connectivity index (χ2n) is 10.1. The minimum absolute atomic E-state index is 0.133. The van der Waals surface area contributed by atoms with E-state index in [1.807, 2.05) is 49.5 Å². The molecule has 5 N–H and O–H groups in total. The number of nitrogens with zero attached hydrogens (tertiary/aromatic N) is 3. The smallest absolute Gasteiger partial charge is 0.335 e. The zero-order valence-electron chi connectivity index (χ0n) is 24.0. The van der Waals surface area contributed by atoms with Crippen molar-refractivity contribution in [1.82, 2.24) is 14.1 Å². The molecule has 230 valence electrons. The quantitative estimate of drug-likeness (QED) is 0.170. The van der Waals surface area contributed by atoms with Crippen LogP contribution in [-0.4, -0.2) is 63.8 Å². The van der Waals surface area contributed by atoms with E-state index >= 15 is 0 Å². The van der Waals surface area contributed by atoms with Crippen LogP contribution < -0.4 is 5.56 Å². The molecule has 0 amide bonds. The number of carboxylic acid groups (broad SMARTS) is 2. The second kappa shape index (κ2) is 13.2. The van der Waals surface area contributed by atoms with Crippen molar-refractivity contribution in [3.63, 3.8) is 0 Å². The Kier molecular flexibility index (Phi) is 9.56. The van der Waals surface area contributed by atoms with Crippen LogP contribution in [0.3, 0.4) is 0 Å². The largest absolute Gasteiger partial charge is 0.479 e. The molecule has 2 aromatic heterocycles. The molecule has 0 aliphatic rings. The van der Waals surface area contributed by atoms with Gasteiger partial charge in [0.1, 0.15) is 0 Å². The lowest BCUT2D eigenvalue weighted by Crippen LogP contribution is -2.39. The van der Waals surface area contributed by atoms with Crippen molar-refractivity contribution < 1.29 is 35.1 Å². The van der Waals surface area contributed by atoms with Gasteiger partial charge in [-0.2, -0.15) is 0 Å². The van der Waals surface area contributed by atoms with Crippen LogP contribution in [0, 0.1) is 12.3 Å². The van der Waals surface area contributed by atoms with Crippen LogP contribution in [0.25, 0.3) is 22.0 Å². The van der Waals surface area contributed by atoms with Crippen LogP contribution >= 0.6 is 11.6 Å². The summed E-state index contributed by atoms with van der Waals surface area (Å²) in [6.07, 6.45) is 4.39. The summed E-state index contributed by atoms with van der Waals surface area (Å²) in [5.74, 6) is -0.883. The first-order chi connectivity index (χ1) is 21.3. The molecule has 3 unspecified atom stereocenters. The summed E-state index contributed by atoms with van der Waals surface area (Å²) in [5, 5.41) is 46.2. The molecule has 0 saturated carbocycles. The van der Waals surface area contributed by atoms with Gasteiger partial charge >= 0.3 is 11.9 Å². The van der Waals surface area contributed by atoms with Crippen LogP contribution in [0.5, 0.6) is 0 Å². The number of aliphatic carboxylic acids is 2. The molecule has 3 atom stereocenters. The number of aliphatic hydroxyl groups excluding tert-OH is 2. The van der Waals surface area contributed by atoms with Gasteiger partial charge in [-0.05, 0) is 58.7 Å². The molecule has 0 saturated heterocycles. The average Bonchev–Trinajstić information content (AvgIpc) is 3.48. The number of aliphatic hydroxyl groups is 3. The van der Waals surface area contributed by atoms with Crippen molar-refractivity contribution >= 4 is 34.4 Å². The van der Waals surface area contributed by atoms with Crippen molar-refractivity contribution in [2.24, 2.45) is 14.1 Å². The normalized spacial score (nSPS) is 13.5. The third-order valence-electron chi connectivity index (χ3n) is 7.26. The van der Waals surface area contributed by atoms with Gasteiger partial charge < -0.3 is 34.7 Å². The number of rotatable bonds is 7. The maximum absolute atomic E-state index is 12.8. The Morgan fingerprint density at radius 3 is 2.11 bits per heavy atom. The maximum atomic E-state index is 12.8. The fourth-order valence-corrected chi connectivity index (χ4v) is 4.96. The number of halogens is 1. The third-order valence-corrected chi connectivity index (χ3v) is 7.51. The number of hydrogen-bond acceptors (Lipinski definition) is 7. The zero-order valence-corrected chi connectivity index (χ0v) is 24.8. The minimum Gasteiger partial charge on any atom is -0.479 e. The van der Waals surface area contributed by atoms with Crippen LogP contribution in [-0.2, 0) is 29.3 Å². The Morgan fingerprint density at radius 1 is 0.933 bits per heavy atom. The lowest BCUT2D eigenvalue weighted by atomic mass is 9.82. The van der Waals surface area contributed by atoms with E-state index in [4.69, 9.17) is 38.5 Å². The molecule has 3 aromatic carbocycles. The van der Waals surface area contributed by atoms with Crippen molar-refractivity contribution in [3.05, 3.63) is 123 Å². The Balaban J connectivity index is 0.000000399. The standard InChI is InChI=1S/C29H22ClN3O2.C4H6O6/c1-4-19-6-5-7-20(14-19)24-16-28(34)33(3)26-13-10-22(15-25(24)26)29(35,27-17-31-18-32(27)2)21-8-11-23(30)12-9-21;5-1(3(7)8)2(6)4(9)10/h1,5-18,35H,2-3H3;1-2,5-6H,(H,7,8)(H,9,10). The average molecular weight is 630 g/mol. The summed E-state index contributed by atoms with van der Waals surface area (Å²) >= 11 is 6.14. The van der Waals surface area contributed by atoms with Crippen LogP contribution in [0.4, 0.5) is 0 Å². The van der Waals surface area contributed by atoms with E-state index in [1.54, 1.807) is 59.0 Å². The van der Waals surface area contributed by atoms with Gasteiger partial charge in [0.25, 0.3) is 5.56 Å². The molecule has 5 rings (SSSR count). The summed E-state index contributed by atoms with van der Waals surface area (Å²) in [6, 6.07) is 21.9. The Hall–Kier alpha value is -5.25. The van der Waals surface area contributed by atoms with E-state index in [0.717, 1.165) is 27.6 Å². The third kappa shape index (κ3) is 6.50. The van der Waals surface area contributed by atoms with E-state index < -0.39 is 29.7 Å². The van der Waals surface area contributed by atoms with Gasteiger partial charge in [0, 0.05) is 36.1 Å². The van der Waals surface area contributed by atoms with Gasteiger partial charge in [0.2, 0.25) is 0 Å². The molecule has 5 aromatic rings. The number of imidazole rings is 1. The Bertz CT molecular complexity index is 1980. The highest BCUT2D eigenvalue weighted by molar-refractivity contribution is 6.30. The number of terminal acetylenes is 1. The van der Waals surface area contributed by atoms with E-state index in [2.05, 4.69) is 10.9 Å². The Morgan fingerprint density at radius 2 is 1.56 bits per heavy atom. The van der Waals surface area contributed by atoms with Crippen molar-refractivity contribution in [3.8, 4) is 23.5 Å². The van der Waals surface area contributed by atoms with Crippen molar-refractivity contribution in [1.29, 1.82) is 0 Å². The second-order valence-corrected chi connectivity index (χ2v) is 10.5.